The molecule has 2 aromatic carbocycles. The van der Waals surface area contributed by atoms with Gasteiger partial charge in [0.15, 0.2) is 0 Å². The second-order valence-electron chi connectivity index (χ2n) is 10.4. The maximum Gasteiger partial charge on any atom is 0.335 e. The Morgan fingerprint density at radius 3 is 2.45 bits per heavy atom. The topological polar surface area (TPSA) is 112 Å². The molecule has 1 amide bonds. The molecule has 0 aliphatic carbocycles. The number of hydrogen-bond acceptors (Lipinski definition) is 7. The minimum Gasteiger partial charge on any atom is -0.489 e. The lowest BCUT2D eigenvalue weighted by atomic mass is 10.1. The zero-order valence-electron chi connectivity index (χ0n) is 26.0. The predicted molar refractivity (Wildman–Crippen MR) is 174 cm³/mol. The van der Waals surface area contributed by atoms with E-state index in [0.29, 0.717) is 49.9 Å². The number of carbonyl (C=O) groups excluding carboxylic acids is 1. The third-order valence-corrected chi connectivity index (χ3v) is 6.69. The van der Waals surface area contributed by atoms with Crippen LogP contribution in [-0.2, 0) is 16.1 Å². The van der Waals surface area contributed by atoms with Gasteiger partial charge in [-0.2, -0.15) is 0 Å². The molecule has 1 aliphatic rings. The van der Waals surface area contributed by atoms with E-state index in [2.05, 4.69) is 20.5 Å². The van der Waals surface area contributed by atoms with Crippen LogP contribution in [0.15, 0.2) is 76.8 Å². The number of carboxylic acid groups (broad SMARTS) is 1. The second kappa shape index (κ2) is 17.6. The predicted octanol–water partition coefficient (Wildman–Crippen LogP) is 6.81. The Hall–Kier alpha value is -4.44. The molecule has 44 heavy (non-hydrogen) atoms. The molecule has 0 radical (unpaired) electrons. The molecule has 1 aliphatic heterocycles. The molecule has 0 spiro atoms. The van der Waals surface area contributed by atoms with Gasteiger partial charge in [-0.1, -0.05) is 19.9 Å². The number of amides is 1. The van der Waals surface area contributed by atoms with Crippen molar-refractivity contribution in [3.8, 4) is 0 Å². The van der Waals surface area contributed by atoms with Gasteiger partial charge in [0.2, 0.25) is 0 Å². The average molecular weight is 607 g/mol. The number of halogens is 1. The lowest BCUT2D eigenvalue weighted by Crippen LogP contribution is -2.37. The van der Waals surface area contributed by atoms with Crippen molar-refractivity contribution in [2.45, 2.75) is 47.1 Å². The van der Waals surface area contributed by atoms with Crippen LogP contribution in [0.25, 0.3) is 0 Å². The first-order valence-electron chi connectivity index (χ1n) is 15.0. The van der Waals surface area contributed by atoms with Gasteiger partial charge in [-0.05, 0) is 74.7 Å². The third-order valence-electron chi connectivity index (χ3n) is 6.69. The minimum atomic E-state index is -1.03. The number of nitrogens with zero attached hydrogens (tertiary/aromatic N) is 2. The van der Waals surface area contributed by atoms with Crippen molar-refractivity contribution in [3.05, 3.63) is 88.5 Å². The van der Waals surface area contributed by atoms with Crippen molar-refractivity contribution in [2.75, 3.05) is 49.6 Å². The molecule has 0 unspecified atom stereocenters. The lowest BCUT2D eigenvalue weighted by Gasteiger charge is -2.31. The smallest absolute Gasteiger partial charge is 0.335 e. The van der Waals surface area contributed by atoms with Gasteiger partial charge in [-0.25, -0.2) is 9.18 Å². The fraction of sp³-hybridized carbons (Fsp3) is 0.382. The quantitative estimate of drug-likeness (QED) is 0.116. The monoisotopic (exact) mass is 606 g/mol. The van der Waals surface area contributed by atoms with Crippen LogP contribution >= 0.6 is 0 Å². The van der Waals surface area contributed by atoms with Crippen molar-refractivity contribution in [2.24, 2.45) is 4.99 Å². The highest BCUT2D eigenvalue weighted by molar-refractivity contribution is 5.95. The van der Waals surface area contributed by atoms with Gasteiger partial charge < -0.3 is 30.1 Å². The molecule has 0 aromatic heterocycles. The fourth-order valence-electron chi connectivity index (χ4n) is 4.40. The largest absolute Gasteiger partial charge is 0.489 e. The van der Waals surface area contributed by atoms with Crippen LogP contribution < -0.4 is 15.5 Å². The van der Waals surface area contributed by atoms with Gasteiger partial charge in [0.25, 0.3) is 5.91 Å². The number of morpholine rings is 1. The summed E-state index contributed by atoms with van der Waals surface area (Å²) in [6, 6.07) is 10.3. The molecule has 1 fully saturated rings. The highest BCUT2D eigenvalue weighted by Crippen LogP contribution is 2.27. The molecular formula is C34H43FN4O5. The van der Waals surface area contributed by atoms with Crippen molar-refractivity contribution in [1.82, 2.24) is 5.32 Å². The number of aliphatic imine (C=N–C) groups is 1. The number of carbonyl (C=O) groups is 2. The Bertz CT molecular complexity index is 1410. The summed E-state index contributed by atoms with van der Waals surface area (Å²) in [5.41, 5.74) is 4.39. The van der Waals surface area contributed by atoms with E-state index in [1.807, 2.05) is 39.0 Å². The van der Waals surface area contributed by atoms with Crippen LogP contribution in [-0.4, -0.2) is 62.6 Å². The first kappa shape index (κ1) is 34.1. The van der Waals surface area contributed by atoms with E-state index in [-0.39, 0.29) is 18.1 Å². The lowest BCUT2D eigenvalue weighted by molar-refractivity contribution is 0.0696. The molecule has 0 saturated carbocycles. The molecule has 10 heteroatoms. The van der Waals surface area contributed by atoms with Crippen LogP contribution in [0.1, 0.15) is 66.8 Å². The van der Waals surface area contributed by atoms with Gasteiger partial charge in [-0.3, -0.25) is 9.79 Å². The van der Waals surface area contributed by atoms with Crippen LogP contribution in [0.2, 0.25) is 0 Å². The number of allylic oxidation sites excluding steroid dienone is 5. The van der Waals surface area contributed by atoms with Crippen molar-refractivity contribution >= 4 is 35.2 Å². The summed E-state index contributed by atoms with van der Waals surface area (Å²) in [6.07, 6.45) is 8.06. The molecule has 3 N–H and O–H groups in total. The third kappa shape index (κ3) is 10.7. The zero-order chi connectivity index (χ0) is 31.9. The molecule has 3 rings (SSSR count). The Morgan fingerprint density at radius 2 is 1.77 bits per heavy atom. The number of ether oxygens (including phenoxy) is 2. The average Bonchev–Trinajstić information content (AvgIpc) is 3.02. The summed E-state index contributed by atoms with van der Waals surface area (Å²) in [4.78, 5) is 30.9. The van der Waals surface area contributed by atoms with Gasteiger partial charge in [-0.15, -0.1) is 0 Å². The number of carboxylic acids is 1. The van der Waals surface area contributed by atoms with E-state index < -0.39 is 11.8 Å². The minimum absolute atomic E-state index is 0.118. The van der Waals surface area contributed by atoms with Gasteiger partial charge in [0.1, 0.15) is 18.2 Å². The van der Waals surface area contributed by atoms with Crippen LogP contribution in [0, 0.1) is 0 Å². The first-order valence-corrected chi connectivity index (χ1v) is 15.0. The standard InChI is InChI=1S/C34H43FN4O5/c1-5-13-36-30-11-8-27(34(41)42)21-31(30)38-22-24(3)7-10-29(19-25(4)35)44-23-28-20-26(33(40)37-14-6-2)9-12-32(28)39-15-17-43-18-16-39/h7-12,19-22,36H,5-6,13-18,23H2,1-4H3,(H,37,40)(H,41,42)/b24-7+,25-19+,29-10+,38-22?. The van der Waals surface area contributed by atoms with Crippen LogP contribution in [0.5, 0.6) is 0 Å². The summed E-state index contributed by atoms with van der Waals surface area (Å²) in [7, 11) is 0. The Balaban J connectivity index is 1.85. The maximum atomic E-state index is 14.0. The molecule has 2 aromatic rings. The summed E-state index contributed by atoms with van der Waals surface area (Å²) in [5, 5.41) is 15.6. The van der Waals surface area contributed by atoms with E-state index >= 15 is 0 Å². The first-order chi connectivity index (χ1) is 21.2. The van der Waals surface area contributed by atoms with E-state index in [1.54, 1.807) is 24.4 Å². The fourth-order valence-corrected chi connectivity index (χ4v) is 4.40. The Morgan fingerprint density at radius 1 is 1.05 bits per heavy atom. The maximum absolute atomic E-state index is 14.0. The normalized spacial score (nSPS) is 14.6. The summed E-state index contributed by atoms with van der Waals surface area (Å²) < 4.78 is 25.6. The van der Waals surface area contributed by atoms with E-state index in [4.69, 9.17) is 9.47 Å². The number of anilines is 2. The summed E-state index contributed by atoms with van der Waals surface area (Å²) >= 11 is 0. The Kier molecular flexibility index (Phi) is 13.6. The van der Waals surface area contributed by atoms with Crippen molar-refractivity contribution < 1.29 is 28.6 Å². The number of benzene rings is 2. The SMILES string of the molecule is CCCNC(=O)c1ccc(N2CCOCC2)c(COC(/C=C(\C)F)=C/C=C(\C)C=Nc2cc(C(=O)O)ccc2NCCC)c1. The number of nitrogens with one attached hydrogen (secondary N) is 2. The molecule has 9 nitrogen and oxygen atoms in total. The molecular weight excluding hydrogens is 563 g/mol. The highest BCUT2D eigenvalue weighted by atomic mass is 19.1. The molecule has 0 bridgehead atoms. The molecule has 236 valence electrons. The second-order valence-corrected chi connectivity index (χ2v) is 10.4. The van der Waals surface area contributed by atoms with Crippen LogP contribution in [0.4, 0.5) is 21.5 Å². The number of rotatable bonds is 15. The molecule has 1 heterocycles. The number of hydrogen-bond donors (Lipinski definition) is 3. The van der Waals surface area contributed by atoms with Crippen molar-refractivity contribution in [3.63, 3.8) is 0 Å². The van der Waals surface area contributed by atoms with Gasteiger partial charge >= 0.3 is 5.97 Å². The zero-order valence-corrected chi connectivity index (χ0v) is 26.0. The van der Waals surface area contributed by atoms with Crippen LogP contribution in [0.3, 0.4) is 0 Å². The molecule has 1 saturated heterocycles. The highest BCUT2D eigenvalue weighted by Gasteiger charge is 2.17. The summed E-state index contributed by atoms with van der Waals surface area (Å²) in [6.45, 7) is 11.3. The molecule has 0 atom stereocenters. The van der Waals surface area contributed by atoms with E-state index in [0.717, 1.165) is 41.9 Å². The summed E-state index contributed by atoms with van der Waals surface area (Å²) in [5.74, 6) is -1.31. The van der Waals surface area contributed by atoms with E-state index in [1.165, 1.54) is 25.1 Å². The van der Waals surface area contributed by atoms with Crippen molar-refractivity contribution in [1.29, 1.82) is 0 Å². The van der Waals surface area contributed by atoms with Gasteiger partial charge in [0.05, 0.1) is 30.2 Å². The van der Waals surface area contributed by atoms with Gasteiger partial charge in [0, 0.05) is 55.3 Å². The number of aromatic carboxylic acids is 1. The van der Waals surface area contributed by atoms with E-state index in [9.17, 15) is 19.1 Å². The Labute approximate surface area is 259 Å².